The van der Waals surface area contributed by atoms with E-state index in [0.717, 1.165) is 11.3 Å². The molecule has 4 nitrogen and oxygen atoms in total. The molecule has 0 aromatic heterocycles. The van der Waals surface area contributed by atoms with E-state index in [9.17, 15) is 5.11 Å². The third-order valence-corrected chi connectivity index (χ3v) is 3.29. The average Bonchev–Trinajstić information content (AvgIpc) is 2.28. The van der Waals surface area contributed by atoms with E-state index in [4.69, 9.17) is 15.2 Å². The molecule has 0 amide bonds. The number of aliphatic hydroxyl groups is 1. The lowest BCUT2D eigenvalue weighted by Gasteiger charge is -2.45. The van der Waals surface area contributed by atoms with Crippen molar-refractivity contribution in [1.82, 2.24) is 0 Å². The Kier molecular flexibility index (Phi) is 3.14. The summed E-state index contributed by atoms with van der Waals surface area (Å²) in [5, 5.41) is 9.19. The van der Waals surface area contributed by atoms with Gasteiger partial charge >= 0.3 is 0 Å². The summed E-state index contributed by atoms with van der Waals surface area (Å²) < 4.78 is 10.4. The summed E-state index contributed by atoms with van der Waals surface area (Å²) in [5.74, 6) is 0.816. The molecule has 16 heavy (non-hydrogen) atoms. The summed E-state index contributed by atoms with van der Waals surface area (Å²) in [6.07, 6.45) is 0. The first kappa shape index (κ1) is 11.4. The molecule has 1 heterocycles. The molecule has 0 aliphatic carbocycles. The summed E-state index contributed by atoms with van der Waals surface area (Å²) in [5.41, 5.74) is 6.82. The minimum Gasteiger partial charge on any atom is -0.497 e. The first-order chi connectivity index (χ1) is 7.73. The van der Waals surface area contributed by atoms with Crippen molar-refractivity contribution >= 4 is 0 Å². The van der Waals surface area contributed by atoms with Crippen LogP contribution < -0.4 is 10.5 Å². The molecular weight excluding hydrogens is 206 g/mol. The molecule has 1 unspecified atom stereocenters. The molecular formula is C12H17NO3. The van der Waals surface area contributed by atoms with Crippen LogP contribution in [0.3, 0.4) is 0 Å². The molecule has 1 aromatic carbocycles. The van der Waals surface area contributed by atoms with Crippen molar-refractivity contribution in [3.8, 4) is 5.75 Å². The second-order valence-electron chi connectivity index (χ2n) is 4.17. The zero-order valence-corrected chi connectivity index (χ0v) is 9.35. The molecule has 0 radical (unpaired) electrons. The number of nitrogens with two attached hydrogens (primary N) is 1. The van der Waals surface area contributed by atoms with E-state index in [-0.39, 0.29) is 18.1 Å². The van der Waals surface area contributed by atoms with Crippen LogP contribution in [0.1, 0.15) is 5.56 Å². The zero-order chi connectivity index (χ0) is 11.6. The van der Waals surface area contributed by atoms with Crippen molar-refractivity contribution in [3.05, 3.63) is 29.8 Å². The predicted molar refractivity (Wildman–Crippen MR) is 60.6 cm³/mol. The molecule has 3 N–H and O–H groups in total. The van der Waals surface area contributed by atoms with Crippen molar-refractivity contribution < 1.29 is 14.6 Å². The van der Waals surface area contributed by atoms with E-state index >= 15 is 0 Å². The number of benzene rings is 1. The molecule has 0 saturated carbocycles. The molecule has 1 atom stereocenters. The zero-order valence-electron chi connectivity index (χ0n) is 9.35. The predicted octanol–water partition coefficient (Wildman–Crippen LogP) is 0.283. The fourth-order valence-electron chi connectivity index (χ4n) is 2.01. The highest BCUT2D eigenvalue weighted by molar-refractivity contribution is 5.35. The van der Waals surface area contributed by atoms with Crippen LogP contribution >= 0.6 is 0 Å². The lowest BCUT2D eigenvalue weighted by molar-refractivity contribution is -0.0798. The van der Waals surface area contributed by atoms with E-state index in [1.54, 1.807) is 7.11 Å². The summed E-state index contributed by atoms with van der Waals surface area (Å²) in [6.45, 7) is 1.11. The van der Waals surface area contributed by atoms with Gasteiger partial charge in [-0.1, -0.05) is 12.1 Å². The van der Waals surface area contributed by atoms with Gasteiger partial charge in [-0.05, 0) is 17.7 Å². The average molecular weight is 223 g/mol. The Bertz CT molecular complexity index is 346. The van der Waals surface area contributed by atoms with Gasteiger partial charge in [-0.15, -0.1) is 0 Å². The highest BCUT2D eigenvalue weighted by Gasteiger charge is 2.45. The molecule has 1 aliphatic heterocycles. The van der Waals surface area contributed by atoms with Gasteiger partial charge in [0.15, 0.2) is 0 Å². The maximum Gasteiger partial charge on any atom is 0.118 e. The summed E-state index contributed by atoms with van der Waals surface area (Å²) in [7, 11) is 1.64. The van der Waals surface area contributed by atoms with Crippen molar-refractivity contribution in [2.24, 2.45) is 5.73 Å². The highest BCUT2D eigenvalue weighted by Crippen LogP contribution is 2.35. The molecule has 1 saturated heterocycles. The lowest BCUT2D eigenvalue weighted by atomic mass is 9.73. The Morgan fingerprint density at radius 3 is 2.44 bits per heavy atom. The van der Waals surface area contributed by atoms with Gasteiger partial charge in [0, 0.05) is 6.04 Å². The van der Waals surface area contributed by atoms with Crippen LogP contribution in [0, 0.1) is 0 Å². The minimum absolute atomic E-state index is 0.0324. The number of rotatable bonds is 4. The molecule has 1 fully saturated rings. The fraction of sp³-hybridized carbons (Fsp3) is 0.500. The Hall–Kier alpha value is -1.10. The van der Waals surface area contributed by atoms with Crippen LogP contribution in [0.2, 0.25) is 0 Å². The van der Waals surface area contributed by atoms with Crippen LogP contribution in [-0.4, -0.2) is 38.1 Å². The van der Waals surface area contributed by atoms with Gasteiger partial charge in [-0.2, -0.15) is 0 Å². The van der Waals surface area contributed by atoms with E-state index in [2.05, 4.69) is 0 Å². The molecule has 2 rings (SSSR count). The minimum atomic E-state index is -0.283. The second-order valence-corrected chi connectivity index (χ2v) is 4.17. The Morgan fingerprint density at radius 2 is 2.06 bits per heavy atom. The maximum atomic E-state index is 9.19. The van der Waals surface area contributed by atoms with E-state index < -0.39 is 0 Å². The maximum absolute atomic E-state index is 9.19. The van der Waals surface area contributed by atoms with E-state index in [1.807, 2.05) is 24.3 Å². The van der Waals surface area contributed by atoms with E-state index in [1.165, 1.54) is 0 Å². The van der Waals surface area contributed by atoms with Gasteiger partial charge < -0.3 is 20.3 Å². The van der Waals surface area contributed by atoms with Crippen LogP contribution in [0.5, 0.6) is 5.75 Å². The van der Waals surface area contributed by atoms with Crippen molar-refractivity contribution in [1.29, 1.82) is 0 Å². The van der Waals surface area contributed by atoms with Gasteiger partial charge in [0.2, 0.25) is 0 Å². The van der Waals surface area contributed by atoms with Gasteiger partial charge in [-0.25, -0.2) is 0 Å². The largest absolute Gasteiger partial charge is 0.497 e. The van der Waals surface area contributed by atoms with Gasteiger partial charge in [0.25, 0.3) is 0 Å². The first-order valence-corrected chi connectivity index (χ1v) is 5.31. The Labute approximate surface area is 95.0 Å². The molecule has 0 spiro atoms. The van der Waals surface area contributed by atoms with Crippen LogP contribution in [0.4, 0.5) is 0 Å². The molecule has 4 heteroatoms. The third kappa shape index (κ3) is 1.69. The quantitative estimate of drug-likeness (QED) is 0.769. The summed E-state index contributed by atoms with van der Waals surface area (Å²) in [4.78, 5) is 0. The topological polar surface area (TPSA) is 64.7 Å². The van der Waals surface area contributed by atoms with Gasteiger partial charge in [0.05, 0.1) is 32.3 Å². The van der Waals surface area contributed by atoms with Crippen molar-refractivity contribution in [3.63, 3.8) is 0 Å². The highest BCUT2D eigenvalue weighted by atomic mass is 16.5. The molecule has 1 aromatic rings. The summed E-state index contributed by atoms with van der Waals surface area (Å²) >= 11 is 0. The molecule has 88 valence electrons. The lowest BCUT2D eigenvalue weighted by Crippen LogP contribution is -2.60. The normalized spacial score (nSPS) is 19.9. The second kappa shape index (κ2) is 4.41. The SMILES string of the molecule is COc1ccc(C2(C(N)CO)COC2)cc1. The van der Waals surface area contributed by atoms with Crippen LogP contribution in [-0.2, 0) is 10.2 Å². The van der Waals surface area contributed by atoms with Crippen molar-refractivity contribution in [2.45, 2.75) is 11.5 Å². The third-order valence-electron chi connectivity index (χ3n) is 3.29. The van der Waals surface area contributed by atoms with Gasteiger partial charge in [0.1, 0.15) is 5.75 Å². The molecule has 1 aliphatic rings. The first-order valence-electron chi connectivity index (χ1n) is 5.31. The number of aliphatic hydroxyl groups excluding tert-OH is 1. The standard InChI is InChI=1S/C12H17NO3/c1-15-10-4-2-9(3-5-10)12(7-16-8-12)11(13)6-14/h2-5,11,14H,6-8,13H2,1H3. The smallest absolute Gasteiger partial charge is 0.118 e. The van der Waals surface area contributed by atoms with E-state index in [0.29, 0.717) is 13.2 Å². The number of methoxy groups -OCH3 is 1. The number of hydrogen-bond acceptors (Lipinski definition) is 4. The number of ether oxygens (including phenoxy) is 2. The van der Waals surface area contributed by atoms with Gasteiger partial charge in [-0.3, -0.25) is 0 Å². The molecule has 0 bridgehead atoms. The van der Waals surface area contributed by atoms with Crippen LogP contribution in [0.25, 0.3) is 0 Å². The monoisotopic (exact) mass is 223 g/mol. The van der Waals surface area contributed by atoms with Crippen molar-refractivity contribution in [2.75, 3.05) is 26.9 Å². The Balaban J connectivity index is 2.26. The summed E-state index contributed by atoms with van der Waals surface area (Å²) in [6, 6.07) is 7.49. The number of hydrogen-bond donors (Lipinski definition) is 2. The fourth-order valence-corrected chi connectivity index (χ4v) is 2.01. The Morgan fingerprint density at radius 1 is 1.44 bits per heavy atom. The van der Waals surface area contributed by atoms with Crippen LogP contribution in [0.15, 0.2) is 24.3 Å².